The summed E-state index contributed by atoms with van der Waals surface area (Å²) in [5.41, 5.74) is 6.03. The van der Waals surface area contributed by atoms with Crippen molar-refractivity contribution in [3.05, 3.63) is 45.0 Å². The molecular formula is C16H15BrClF3N2OS. The lowest BCUT2D eigenvalue weighted by Crippen LogP contribution is -2.16. The molecule has 0 spiro atoms. The highest BCUT2D eigenvalue weighted by atomic mass is 79.9. The number of nitrogens with zero attached hydrogens (tertiary/aromatic N) is 1. The van der Waals surface area contributed by atoms with Crippen LogP contribution in [0.3, 0.4) is 0 Å². The fraction of sp³-hybridized carbons (Fsp3) is 0.312. The first-order valence-electron chi connectivity index (χ1n) is 7.26. The zero-order valence-corrected chi connectivity index (χ0v) is 16.3. The molecule has 2 N–H and O–H groups in total. The maximum absolute atomic E-state index is 13.7. The maximum atomic E-state index is 13.7. The van der Waals surface area contributed by atoms with E-state index < -0.39 is 11.9 Å². The van der Waals surface area contributed by atoms with Crippen LogP contribution in [0, 0.1) is 0 Å². The van der Waals surface area contributed by atoms with E-state index in [1.54, 1.807) is 31.2 Å². The summed E-state index contributed by atoms with van der Waals surface area (Å²) in [5.74, 6) is 0. The molecule has 1 heterocycles. The zero-order valence-electron chi connectivity index (χ0n) is 13.2. The number of benzene rings is 1. The second-order valence-electron chi connectivity index (χ2n) is 5.19. The highest BCUT2D eigenvalue weighted by Gasteiger charge is 2.40. The average Bonchev–Trinajstić information content (AvgIpc) is 2.78. The normalized spacial score (nSPS) is 11.8. The molecule has 2 rings (SSSR count). The van der Waals surface area contributed by atoms with Crippen LogP contribution in [-0.4, -0.2) is 16.2 Å². The van der Waals surface area contributed by atoms with E-state index in [2.05, 4.69) is 15.9 Å². The van der Waals surface area contributed by atoms with Crippen LogP contribution in [0.25, 0.3) is 11.3 Å². The lowest BCUT2D eigenvalue weighted by Gasteiger charge is -2.16. The van der Waals surface area contributed by atoms with Crippen molar-refractivity contribution < 1.29 is 17.9 Å². The van der Waals surface area contributed by atoms with Gasteiger partial charge >= 0.3 is 6.18 Å². The molecule has 0 atom stereocenters. The minimum atomic E-state index is -4.58. The van der Waals surface area contributed by atoms with Crippen LogP contribution in [0.15, 0.2) is 28.7 Å². The SMILES string of the molecule is CCOCn1c(-c2ccc(Cl)cc2)c(CC(N)=S)c(Br)c1C(F)(F)F. The zero-order chi connectivity index (χ0) is 18.8. The Morgan fingerprint density at radius 1 is 1.32 bits per heavy atom. The van der Waals surface area contributed by atoms with Crippen LogP contribution in [0.5, 0.6) is 0 Å². The van der Waals surface area contributed by atoms with Gasteiger partial charge in [-0.25, -0.2) is 0 Å². The number of thiocarbonyl (C=S) groups is 1. The molecule has 0 aliphatic rings. The Labute approximate surface area is 162 Å². The third kappa shape index (κ3) is 4.55. The van der Waals surface area contributed by atoms with Gasteiger partial charge in [-0.3, -0.25) is 0 Å². The number of nitrogens with two attached hydrogens (primary N) is 1. The number of hydrogen-bond donors (Lipinski definition) is 1. The van der Waals surface area contributed by atoms with E-state index in [1.165, 1.54) is 0 Å². The Morgan fingerprint density at radius 2 is 1.92 bits per heavy atom. The van der Waals surface area contributed by atoms with Gasteiger partial charge in [0.2, 0.25) is 0 Å². The van der Waals surface area contributed by atoms with Crippen LogP contribution in [0.1, 0.15) is 18.2 Å². The van der Waals surface area contributed by atoms with E-state index >= 15 is 0 Å². The fourth-order valence-corrected chi connectivity index (χ4v) is 3.54. The number of hydrogen-bond acceptors (Lipinski definition) is 2. The Bertz CT molecular complexity index is 775. The highest BCUT2D eigenvalue weighted by Crippen LogP contribution is 2.43. The number of halogens is 5. The quantitative estimate of drug-likeness (QED) is 0.592. The van der Waals surface area contributed by atoms with Gasteiger partial charge in [0.15, 0.2) is 0 Å². The van der Waals surface area contributed by atoms with Crippen molar-refractivity contribution in [2.75, 3.05) is 6.61 Å². The van der Waals surface area contributed by atoms with Crippen molar-refractivity contribution in [1.82, 2.24) is 4.57 Å². The van der Waals surface area contributed by atoms with Gasteiger partial charge in [-0.1, -0.05) is 36.0 Å². The first-order chi connectivity index (χ1) is 11.7. The van der Waals surface area contributed by atoms with E-state index in [0.717, 1.165) is 4.57 Å². The molecule has 2 aromatic rings. The molecule has 0 aliphatic heterocycles. The lowest BCUT2D eigenvalue weighted by atomic mass is 10.1. The molecule has 0 unspecified atom stereocenters. The maximum Gasteiger partial charge on any atom is 0.432 e. The monoisotopic (exact) mass is 454 g/mol. The van der Waals surface area contributed by atoms with Crippen molar-refractivity contribution in [2.45, 2.75) is 26.3 Å². The van der Waals surface area contributed by atoms with Gasteiger partial charge in [-0.05, 0) is 46.1 Å². The molecule has 1 aromatic carbocycles. The van der Waals surface area contributed by atoms with Gasteiger partial charge in [-0.15, -0.1) is 0 Å². The predicted octanol–water partition coefficient (Wildman–Crippen LogP) is 5.41. The molecule has 0 radical (unpaired) electrons. The molecule has 0 fully saturated rings. The van der Waals surface area contributed by atoms with Gasteiger partial charge in [0.1, 0.15) is 12.4 Å². The number of alkyl halides is 3. The Kier molecular flexibility index (Phi) is 6.53. The van der Waals surface area contributed by atoms with Crippen LogP contribution in [0.4, 0.5) is 13.2 Å². The Hall–Kier alpha value is -1.09. The first-order valence-corrected chi connectivity index (χ1v) is 8.84. The second-order valence-corrected chi connectivity index (χ2v) is 6.94. The Balaban J connectivity index is 2.79. The highest BCUT2D eigenvalue weighted by molar-refractivity contribution is 9.10. The number of ether oxygens (including phenoxy) is 1. The second kappa shape index (κ2) is 8.07. The molecule has 3 nitrogen and oxygen atoms in total. The third-order valence-electron chi connectivity index (χ3n) is 3.46. The van der Waals surface area contributed by atoms with Crippen molar-refractivity contribution in [3.63, 3.8) is 0 Å². The first kappa shape index (κ1) is 20.2. The molecule has 25 heavy (non-hydrogen) atoms. The summed E-state index contributed by atoms with van der Waals surface area (Å²) in [4.78, 5) is 0.0956. The van der Waals surface area contributed by atoms with Crippen molar-refractivity contribution in [2.24, 2.45) is 5.73 Å². The standard InChI is InChI=1S/C16H15BrClF3N2OS/c1-2-24-8-23-14(9-3-5-10(18)6-4-9)11(7-12(22)25)13(17)15(23)16(19,20)21/h3-6H,2,7-8H2,1H3,(H2,22,25). The summed E-state index contributed by atoms with van der Waals surface area (Å²) in [6, 6.07) is 6.52. The van der Waals surface area contributed by atoms with Crippen LogP contribution in [-0.2, 0) is 24.1 Å². The summed E-state index contributed by atoms with van der Waals surface area (Å²) in [5, 5.41) is 0.484. The van der Waals surface area contributed by atoms with Crippen LogP contribution in [0.2, 0.25) is 5.02 Å². The predicted molar refractivity (Wildman–Crippen MR) is 99.7 cm³/mol. The minimum Gasteiger partial charge on any atom is -0.393 e. The topological polar surface area (TPSA) is 40.2 Å². The van der Waals surface area contributed by atoms with Crippen molar-refractivity contribution in [3.8, 4) is 11.3 Å². The summed E-state index contributed by atoms with van der Waals surface area (Å²) in [6.07, 6.45) is -4.55. The van der Waals surface area contributed by atoms with Crippen molar-refractivity contribution in [1.29, 1.82) is 0 Å². The smallest absolute Gasteiger partial charge is 0.393 e. The van der Waals surface area contributed by atoms with Crippen molar-refractivity contribution >= 4 is 44.7 Å². The van der Waals surface area contributed by atoms with Gasteiger partial charge in [0.25, 0.3) is 0 Å². The molecule has 0 saturated carbocycles. The van der Waals surface area contributed by atoms with Gasteiger partial charge in [-0.2, -0.15) is 13.2 Å². The van der Waals surface area contributed by atoms with Gasteiger partial charge in [0.05, 0.1) is 15.2 Å². The Morgan fingerprint density at radius 3 is 2.40 bits per heavy atom. The molecule has 0 amide bonds. The van der Waals surface area contributed by atoms with Crippen LogP contribution >= 0.6 is 39.7 Å². The summed E-state index contributed by atoms with van der Waals surface area (Å²) >= 11 is 13.9. The van der Waals surface area contributed by atoms with E-state index in [-0.39, 0.29) is 29.2 Å². The molecular weight excluding hydrogens is 441 g/mol. The van der Waals surface area contributed by atoms with E-state index in [4.69, 9.17) is 34.3 Å². The van der Waals surface area contributed by atoms with Crippen LogP contribution < -0.4 is 5.73 Å². The molecule has 0 aliphatic carbocycles. The van der Waals surface area contributed by atoms with E-state index in [0.29, 0.717) is 21.8 Å². The summed E-state index contributed by atoms with van der Waals surface area (Å²) < 4.78 is 47.2. The van der Waals surface area contributed by atoms with Gasteiger partial charge in [0, 0.05) is 18.1 Å². The molecule has 0 saturated heterocycles. The molecule has 0 bridgehead atoms. The fourth-order valence-electron chi connectivity index (χ4n) is 2.50. The summed E-state index contributed by atoms with van der Waals surface area (Å²) in [7, 11) is 0. The molecule has 9 heteroatoms. The average molecular weight is 456 g/mol. The van der Waals surface area contributed by atoms with E-state index in [1.807, 2.05) is 0 Å². The van der Waals surface area contributed by atoms with Gasteiger partial charge < -0.3 is 15.0 Å². The summed E-state index contributed by atoms with van der Waals surface area (Å²) in [6.45, 7) is 1.74. The third-order valence-corrected chi connectivity index (χ3v) is 4.71. The minimum absolute atomic E-state index is 0.0239. The largest absolute Gasteiger partial charge is 0.432 e. The molecule has 1 aromatic heterocycles. The number of rotatable bonds is 6. The number of aromatic nitrogens is 1. The molecule has 136 valence electrons. The van der Waals surface area contributed by atoms with E-state index in [9.17, 15) is 13.2 Å². The lowest BCUT2D eigenvalue weighted by molar-refractivity contribution is -0.146.